The van der Waals surface area contributed by atoms with E-state index >= 15 is 0 Å². The molecule has 0 atom stereocenters. The number of furan rings is 1. The molecule has 0 aliphatic carbocycles. The molecule has 1 aromatic heterocycles. The third-order valence-corrected chi connectivity index (χ3v) is 5.43. The summed E-state index contributed by atoms with van der Waals surface area (Å²) in [5, 5.41) is 3.30. The molecule has 0 saturated carbocycles. The summed E-state index contributed by atoms with van der Waals surface area (Å²) >= 11 is 5.93. The highest BCUT2D eigenvalue weighted by molar-refractivity contribution is 6.30. The number of rotatable bonds is 5. The number of halogens is 2. The number of amides is 2. The molecule has 2 amide bonds. The first-order valence-electron chi connectivity index (χ1n) is 9.92. The van der Waals surface area contributed by atoms with Gasteiger partial charge in [-0.2, -0.15) is 0 Å². The molecule has 4 rings (SSSR count). The van der Waals surface area contributed by atoms with E-state index < -0.39 is 5.91 Å². The van der Waals surface area contributed by atoms with E-state index in [0.29, 0.717) is 42.5 Å². The van der Waals surface area contributed by atoms with Crippen LogP contribution in [-0.2, 0) is 4.79 Å². The summed E-state index contributed by atoms with van der Waals surface area (Å²) < 4.78 is 18.6. The van der Waals surface area contributed by atoms with Crippen LogP contribution in [0, 0.1) is 5.82 Å². The van der Waals surface area contributed by atoms with Gasteiger partial charge >= 0.3 is 0 Å². The average molecular weight is 442 g/mol. The number of hydrogen-bond acceptors (Lipinski definition) is 4. The number of anilines is 1. The number of carbonyl (C=O) groups is 2. The van der Waals surface area contributed by atoms with Crippen LogP contribution in [0.2, 0.25) is 5.02 Å². The van der Waals surface area contributed by atoms with Crippen molar-refractivity contribution >= 4 is 29.1 Å². The maximum absolute atomic E-state index is 13.0. The van der Waals surface area contributed by atoms with Gasteiger partial charge in [-0.1, -0.05) is 11.6 Å². The summed E-state index contributed by atoms with van der Waals surface area (Å²) in [6.45, 7) is 2.47. The zero-order valence-corrected chi connectivity index (χ0v) is 17.4. The van der Waals surface area contributed by atoms with Crippen molar-refractivity contribution in [3.05, 3.63) is 77.3 Å². The molecule has 1 aliphatic rings. The minimum absolute atomic E-state index is 0.0969. The molecule has 0 unspecified atom stereocenters. The molecule has 0 bridgehead atoms. The molecule has 3 aromatic rings. The number of piperazine rings is 1. The average Bonchev–Trinajstić information content (AvgIpc) is 3.29. The quantitative estimate of drug-likeness (QED) is 0.653. The largest absolute Gasteiger partial charge is 0.451 e. The first-order chi connectivity index (χ1) is 15.0. The molecular weight excluding hydrogens is 421 g/mol. The van der Waals surface area contributed by atoms with Crippen molar-refractivity contribution in [2.75, 3.05) is 37.6 Å². The zero-order chi connectivity index (χ0) is 21.8. The van der Waals surface area contributed by atoms with Crippen LogP contribution in [0.15, 0.2) is 65.1 Å². The fourth-order valence-corrected chi connectivity index (χ4v) is 3.58. The second-order valence-electron chi connectivity index (χ2n) is 7.20. The van der Waals surface area contributed by atoms with Gasteiger partial charge in [0.05, 0.1) is 6.54 Å². The maximum Gasteiger partial charge on any atom is 0.287 e. The maximum atomic E-state index is 13.0. The summed E-state index contributed by atoms with van der Waals surface area (Å²) in [4.78, 5) is 28.8. The van der Waals surface area contributed by atoms with E-state index in [1.54, 1.807) is 23.1 Å². The Bertz CT molecular complexity index is 1060. The van der Waals surface area contributed by atoms with E-state index in [0.717, 1.165) is 5.69 Å². The summed E-state index contributed by atoms with van der Waals surface area (Å²) in [5.41, 5.74) is 1.73. The van der Waals surface area contributed by atoms with Gasteiger partial charge in [0.2, 0.25) is 5.91 Å². The Kier molecular flexibility index (Phi) is 6.23. The van der Waals surface area contributed by atoms with E-state index in [1.807, 2.05) is 24.3 Å². The first kappa shape index (κ1) is 20.9. The Morgan fingerprint density at radius 2 is 1.61 bits per heavy atom. The Morgan fingerprint density at radius 3 is 2.29 bits per heavy atom. The highest BCUT2D eigenvalue weighted by Crippen LogP contribution is 2.22. The van der Waals surface area contributed by atoms with Crippen LogP contribution in [0.3, 0.4) is 0 Å². The smallest absolute Gasteiger partial charge is 0.287 e. The van der Waals surface area contributed by atoms with Crippen molar-refractivity contribution in [2.24, 2.45) is 0 Å². The van der Waals surface area contributed by atoms with Gasteiger partial charge in [-0.15, -0.1) is 0 Å². The van der Waals surface area contributed by atoms with Crippen LogP contribution in [0.1, 0.15) is 10.6 Å². The Balaban J connectivity index is 1.27. The second kappa shape index (κ2) is 9.22. The summed E-state index contributed by atoms with van der Waals surface area (Å²) in [6.07, 6.45) is 0. The highest BCUT2D eigenvalue weighted by Gasteiger charge is 2.22. The molecule has 6 nitrogen and oxygen atoms in total. The molecule has 1 aliphatic heterocycles. The van der Waals surface area contributed by atoms with E-state index in [2.05, 4.69) is 10.2 Å². The van der Waals surface area contributed by atoms with Gasteiger partial charge in [-0.25, -0.2) is 4.39 Å². The van der Waals surface area contributed by atoms with Crippen LogP contribution in [0.4, 0.5) is 10.1 Å². The molecule has 160 valence electrons. The topological polar surface area (TPSA) is 65.8 Å². The van der Waals surface area contributed by atoms with E-state index in [9.17, 15) is 14.0 Å². The number of nitrogens with one attached hydrogen (secondary N) is 1. The highest BCUT2D eigenvalue weighted by atomic mass is 35.5. The molecule has 1 saturated heterocycles. The van der Waals surface area contributed by atoms with Crippen molar-refractivity contribution in [3.63, 3.8) is 0 Å². The zero-order valence-electron chi connectivity index (χ0n) is 16.7. The van der Waals surface area contributed by atoms with Crippen molar-refractivity contribution in [3.8, 4) is 11.3 Å². The fraction of sp³-hybridized carbons (Fsp3) is 0.217. The lowest BCUT2D eigenvalue weighted by molar-refractivity contribution is -0.130. The Labute approximate surface area is 184 Å². The van der Waals surface area contributed by atoms with Gasteiger partial charge in [-0.05, 0) is 60.7 Å². The molecule has 2 heterocycles. The predicted octanol–water partition coefficient (Wildman–Crippen LogP) is 3.82. The summed E-state index contributed by atoms with van der Waals surface area (Å²) in [7, 11) is 0. The van der Waals surface area contributed by atoms with Gasteiger partial charge < -0.3 is 19.5 Å². The normalized spacial score (nSPS) is 13.9. The number of nitrogens with zero attached hydrogens (tertiary/aromatic N) is 2. The third kappa shape index (κ3) is 5.06. The molecule has 1 N–H and O–H groups in total. The van der Waals surface area contributed by atoms with Crippen molar-refractivity contribution in [1.29, 1.82) is 0 Å². The van der Waals surface area contributed by atoms with Crippen molar-refractivity contribution in [1.82, 2.24) is 10.2 Å². The first-order valence-corrected chi connectivity index (χ1v) is 10.3. The van der Waals surface area contributed by atoms with Crippen LogP contribution in [-0.4, -0.2) is 49.4 Å². The van der Waals surface area contributed by atoms with Gasteiger partial charge in [0.25, 0.3) is 5.91 Å². The standard InChI is InChI=1S/C23H21ClFN3O3/c24-17-3-7-19(8-4-17)27-11-13-28(14-12-27)22(29)15-26-23(30)21-10-9-20(31-21)16-1-5-18(25)6-2-16/h1-10H,11-15H2,(H,26,30). The SMILES string of the molecule is O=C(NCC(=O)N1CCN(c2ccc(Cl)cc2)CC1)c1ccc(-c2ccc(F)cc2)o1. The lowest BCUT2D eigenvalue weighted by Gasteiger charge is -2.36. The summed E-state index contributed by atoms with van der Waals surface area (Å²) in [5.74, 6) is -0.411. The van der Waals surface area contributed by atoms with Gasteiger partial charge in [0.15, 0.2) is 5.76 Å². The minimum atomic E-state index is -0.471. The molecular formula is C23H21ClFN3O3. The molecule has 1 fully saturated rings. The van der Waals surface area contributed by atoms with Crippen LogP contribution in [0.25, 0.3) is 11.3 Å². The van der Waals surface area contributed by atoms with E-state index in [-0.39, 0.29) is 24.0 Å². The van der Waals surface area contributed by atoms with E-state index in [1.165, 1.54) is 18.2 Å². The number of hydrogen-bond donors (Lipinski definition) is 1. The van der Waals surface area contributed by atoms with E-state index in [4.69, 9.17) is 16.0 Å². The van der Waals surface area contributed by atoms with Gasteiger partial charge in [-0.3, -0.25) is 9.59 Å². The molecule has 8 heteroatoms. The Hall–Kier alpha value is -3.32. The second-order valence-corrected chi connectivity index (χ2v) is 7.63. The van der Waals surface area contributed by atoms with Gasteiger partial charge in [0, 0.05) is 42.5 Å². The van der Waals surface area contributed by atoms with Crippen LogP contribution >= 0.6 is 11.6 Å². The molecule has 2 aromatic carbocycles. The van der Waals surface area contributed by atoms with Crippen molar-refractivity contribution in [2.45, 2.75) is 0 Å². The number of carbonyl (C=O) groups excluding carboxylic acids is 2. The minimum Gasteiger partial charge on any atom is -0.451 e. The lowest BCUT2D eigenvalue weighted by Crippen LogP contribution is -2.51. The van der Waals surface area contributed by atoms with Gasteiger partial charge in [0.1, 0.15) is 11.6 Å². The summed E-state index contributed by atoms with van der Waals surface area (Å²) in [6, 6.07) is 16.6. The third-order valence-electron chi connectivity index (χ3n) is 5.18. The molecule has 0 radical (unpaired) electrons. The molecule has 0 spiro atoms. The van der Waals surface area contributed by atoms with Crippen LogP contribution in [0.5, 0.6) is 0 Å². The Morgan fingerprint density at radius 1 is 0.935 bits per heavy atom. The van der Waals surface area contributed by atoms with Crippen LogP contribution < -0.4 is 10.2 Å². The van der Waals surface area contributed by atoms with Crippen molar-refractivity contribution < 1.29 is 18.4 Å². The monoisotopic (exact) mass is 441 g/mol. The fourth-order valence-electron chi connectivity index (χ4n) is 3.45. The number of benzene rings is 2. The predicted molar refractivity (Wildman–Crippen MR) is 117 cm³/mol. The lowest BCUT2D eigenvalue weighted by atomic mass is 10.2. The molecule has 31 heavy (non-hydrogen) atoms.